The molecule has 4 nitrogen and oxygen atoms in total. The molecule has 1 aromatic heterocycles. The molecular formula is C12H19NO3. The van der Waals surface area contributed by atoms with Gasteiger partial charge in [0.2, 0.25) is 0 Å². The zero-order chi connectivity index (χ0) is 11.8. The molecule has 0 aliphatic heterocycles. The molecule has 0 amide bonds. The Morgan fingerprint density at radius 3 is 2.69 bits per heavy atom. The standard InChI is InChI=1S/C12H19NO3/c1-10-5-6-12(11(9-14)13-10)16-8-4-3-7-15-2/h5-6,14H,3-4,7-9H2,1-2H3. The van der Waals surface area contributed by atoms with Gasteiger partial charge in [0.15, 0.2) is 0 Å². The van der Waals surface area contributed by atoms with E-state index in [1.807, 2.05) is 19.1 Å². The summed E-state index contributed by atoms with van der Waals surface area (Å²) >= 11 is 0. The lowest BCUT2D eigenvalue weighted by Crippen LogP contribution is -2.03. The maximum absolute atomic E-state index is 9.12. The van der Waals surface area contributed by atoms with Gasteiger partial charge in [0.25, 0.3) is 0 Å². The van der Waals surface area contributed by atoms with Crippen LogP contribution >= 0.6 is 0 Å². The van der Waals surface area contributed by atoms with Gasteiger partial charge < -0.3 is 14.6 Å². The molecule has 1 heterocycles. The lowest BCUT2D eigenvalue weighted by Gasteiger charge is -2.09. The van der Waals surface area contributed by atoms with Crippen molar-refractivity contribution < 1.29 is 14.6 Å². The number of hydrogen-bond acceptors (Lipinski definition) is 4. The fourth-order valence-corrected chi connectivity index (χ4v) is 1.37. The zero-order valence-corrected chi connectivity index (χ0v) is 9.90. The Labute approximate surface area is 96.2 Å². The highest BCUT2D eigenvalue weighted by Gasteiger charge is 2.04. The van der Waals surface area contributed by atoms with Crippen LogP contribution in [-0.4, -0.2) is 30.4 Å². The maximum Gasteiger partial charge on any atom is 0.143 e. The largest absolute Gasteiger partial charge is 0.492 e. The third-order valence-electron chi connectivity index (χ3n) is 2.22. The van der Waals surface area contributed by atoms with Crippen molar-refractivity contribution in [3.63, 3.8) is 0 Å². The van der Waals surface area contributed by atoms with Crippen LogP contribution in [0.3, 0.4) is 0 Å². The van der Waals surface area contributed by atoms with Gasteiger partial charge in [0, 0.05) is 19.4 Å². The minimum absolute atomic E-state index is 0.0882. The monoisotopic (exact) mass is 225 g/mol. The lowest BCUT2D eigenvalue weighted by atomic mass is 10.3. The number of aromatic nitrogens is 1. The van der Waals surface area contributed by atoms with E-state index in [-0.39, 0.29) is 6.61 Å². The Morgan fingerprint density at radius 1 is 1.25 bits per heavy atom. The first-order chi connectivity index (χ1) is 7.77. The highest BCUT2D eigenvalue weighted by Crippen LogP contribution is 2.17. The lowest BCUT2D eigenvalue weighted by molar-refractivity contribution is 0.183. The zero-order valence-electron chi connectivity index (χ0n) is 9.90. The fraction of sp³-hybridized carbons (Fsp3) is 0.583. The number of methoxy groups -OCH3 is 1. The first-order valence-corrected chi connectivity index (χ1v) is 5.47. The number of ether oxygens (including phenoxy) is 2. The molecule has 0 aliphatic rings. The summed E-state index contributed by atoms with van der Waals surface area (Å²) in [5, 5.41) is 9.12. The van der Waals surface area contributed by atoms with Crippen molar-refractivity contribution in [3.8, 4) is 5.75 Å². The first kappa shape index (κ1) is 12.9. The van der Waals surface area contributed by atoms with Gasteiger partial charge in [-0.05, 0) is 31.9 Å². The second-order valence-electron chi connectivity index (χ2n) is 3.60. The molecule has 0 spiro atoms. The molecule has 1 aromatic rings. The Morgan fingerprint density at radius 2 is 2.00 bits per heavy atom. The number of rotatable bonds is 7. The molecule has 0 fully saturated rings. The Kier molecular flexibility index (Phi) is 5.82. The summed E-state index contributed by atoms with van der Waals surface area (Å²) in [4.78, 5) is 4.21. The summed E-state index contributed by atoms with van der Waals surface area (Å²) in [6.07, 6.45) is 1.91. The topological polar surface area (TPSA) is 51.6 Å². The molecule has 1 rings (SSSR count). The van der Waals surface area contributed by atoms with Crippen LogP contribution in [-0.2, 0) is 11.3 Å². The molecule has 1 N–H and O–H groups in total. The van der Waals surface area contributed by atoms with Crippen molar-refractivity contribution in [2.75, 3.05) is 20.3 Å². The van der Waals surface area contributed by atoms with E-state index in [0.717, 1.165) is 25.1 Å². The second-order valence-corrected chi connectivity index (χ2v) is 3.60. The molecule has 0 radical (unpaired) electrons. The molecule has 0 saturated heterocycles. The van der Waals surface area contributed by atoms with Gasteiger partial charge in [-0.3, -0.25) is 4.98 Å². The highest BCUT2D eigenvalue weighted by molar-refractivity contribution is 5.28. The van der Waals surface area contributed by atoms with Crippen molar-refractivity contribution >= 4 is 0 Å². The van der Waals surface area contributed by atoms with Gasteiger partial charge in [-0.2, -0.15) is 0 Å². The quantitative estimate of drug-likeness (QED) is 0.717. The van der Waals surface area contributed by atoms with E-state index in [4.69, 9.17) is 14.6 Å². The van der Waals surface area contributed by atoms with Gasteiger partial charge in [-0.15, -0.1) is 0 Å². The van der Waals surface area contributed by atoms with Gasteiger partial charge >= 0.3 is 0 Å². The SMILES string of the molecule is COCCCCOc1ccc(C)nc1CO. The molecule has 0 unspecified atom stereocenters. The number of aryl methyl sites for hydroxylation is 1. The van der Waals surface area contributed by atoms with E-state index in [1.54, 1.807) is 7.11 Å². The van der Waals surface area contributed by atoms with E-state index in [0.29, 0.717) is 18.1 Å². The summed E-state index contributed by atoms with van der Waals surface area (Å²) in [5.74, 6) is 0.672. The number of aliphatic hydroxyl groups is 1. The first-order valence-electron chi connectivity index (χ1n) is 5.47. The average molecular weight is 225 g/mol. The summed E-state index contributed by atoms with van der Waals surface area (Å²) in [6, 6.07) is 3.73. The van der Waals surface area contributed by atoms with Crippen LogP contribution < -0.4 is 4.74 Å². The summed E-state index contributed by atoms with van der Waals surface area (Å²) < 4.78 is 10.5. The van der Waals surface area contributed by atoms with E-state index >= 15 is 0 Å². The van der Waals surface area contributed by atoms with E-state index < -0.39 is 0 Å². The van der Waals surface area contributed by atoms with E-state index in [1.165, 1.54) is 0 Å². The van der Waals surface area contributed by atoms with Gasteiger partial charge in [0.1, 0.15) is 11.4 Å². The molecule has 4 heteroatoms. The number of unbranched alkanes of at least 4 members (excludes halogenated alkanes) is 1. The summed E-state index contributed by atoms with van der Waals surface area (Å²) in [7, 11) is 1.69. The van der Waals surface area contributed by atoms with Crippen LogP contribution in [0.15, 0.2) is 12.1 Å². The van der Waals surface area contributed by atoms with Gasteiger partial charge in [-0.1, -0.05) is 0 Å². The predicted octanol–water partition coefficient (Wildman–Crippen LogP) is 1.69. The number of aliphatic hydroxyl groups excluding tert-OH is 1. The number of hydrogen-bond donors (Lipinski definition) is 1. The molecule has 0 aromatic carbocycles. The molecule has 0 bridgehead atoms. The summed E-state index contributed by atoms with van der Waals surface area (Å²) in [6.45, 7) is 3.18. The van der Waals surface area contributed by atoms with Gasteiger partial charge in [0.05, 0.1) is 13.2 Å². The smallest absolute Gasteiger partial charge is 0.143 e. The van der Waals surface area contributed by atoms with E-state index in [2.05, 4.69) is 4.98 Å². The van der Waals surface area contributed by atoms with Crippen molar-refractivity contribution in [1.29, 1.82) is 0 Å². The van der Waals surface area contributed by atoms with Crippen molar-refractivity contribution in [1.82, 2.24) is 4.98 Å². The summed E-state index contributed by atoms with van der Waals surface area (Å²) in [5.41, 5.74) is 1.49. The molecule has 0 saturated carbocycles. The molecule has 0 aliphatic carbocycles. The van der Waals surface area contributed by atoms with Crippen LogP contribution in [0, 0.1) is 6.92 Å². The maximum atomic E-state index is 9.12. The second kappa shape index (κ2) is 7.19. The van der Waals surface area contributed by atoms with Crippen molar-refractivity contribution in [3.05, 3.63) is 23.5 Å². The minimum atomic E-state index is -0.0882. The Bertz CT molecular complexity index is 315. The number of pyridine rings is 1. The van der Waals surface area contributed by atoms with Crippen LogP contribution in [0.4, 0.5) is 0 Å². The predicted molar refractivity (Wildman–Crippen MR) is 61.5 cm³/mol. The normalized spacial score (nSPS) is 10.4. The average Bonchev–Trinajstić information content (AvgIpc) is 2.30. The van der Waals surface area contributed by atoms with E-state index in [9.17, 15) is 0 Å². The van der Waals surface area contributed by atoms with Crippen LogP contribution in [0.2, 0.25) is 0 Å². The minimum Gasteiger partial charge on any atom is -0.492 e. The Hall–Kier alpha value is -1.13. The molecule has 16 heavy (non-hydrogen) atoms. The van der Waals surface area contributed by atoms with Crippen molar-refractivity contribution in [2.45, 2.75) is 26.4 Å². The van der Waals surface area contributed by atoms with Crippen LogP contribution in [0.25, 0.3) is 0 Å². The third-order valence-corrected chi connectivity index (χ3v) is 2.22. The molecule has 0 atom stereocenters. The van der Waals surface area contributed by atoms with Crippen LogP contribution in [0.5, 0.6) is 5.75 Å². The number of nitrogens with zero attached hydrogens (tertiary/aromatic N) is 1. The molecule has 90 valence electrons. The van der Waals surface area contributed by atoms with Crippen LogP contribution in [0.1, 0.15) is 24.2 Å². The van der Waals surface area contributed by atoms with Crippen molar-refractivity contribution in [2.24, 2.45) is 0 Å². The van der Waals surface area contributed by atoms with Gasteiger partial charge in [-0.25, -0.2) is 0 Å². The third kappa shape index (κ3) is 4.16. The highest BCUT2D eigenvalue weighted by atomic mass is 16.5. The fourth-order valence-electron chi connectivity index (χ4n) is 1.37. The Balaban J connectivity index is 2.41. The molecular weight excluding hydrogens is 206 g/mol.